The first-order chi connectivity index (χ1) is 13.0. The van der Waals surface area contributed by atoms with Crippen molar-refractivity contribution in [3.05, 3.63) is 53.3 Å². The lowest BCUT2D eigenvalue weighted by atomic mass is 10.1. The minimum Gasteiger partial charge on any atom is -0.493 e. The van der Waals surface area contributed by atoms with Crippen molar-refractivity contribution in [2.24, 2.45) is 0 Å². The highest BCUT2D eigenvalue weighted by Gasteiger charge is 2.21. The Hall–Kier alpha value is -3.06. The van der Waals surface area contributed by atoms with Gasteiger partial charge in [-0.15, -0.1) is 0 Å². The fourth-order valence-corrected chi connectivity index (χ4v) is 2.93. The van der Waals surface area contributed by atoms with Crippen LogP contribution < -0.4 is 14.8 Å². The average Bonchev–Trinajstić information content (AvgIpc) is 2.67. The molecule has 0 aliphatic heterocycles. The number of halogens is 1. The molecule has 7 nitrogen and oxygen atoms in total. The zero-order valence-electron chi connectivity index (χ0n) is 14.8. The van der Waals surface area contributed by atoms with E-state index in [-0.39, 0.29) is 11.7 Å². The molecule has 0 bridgehead atoms. The van der Waals surface area contributed by atoms with Crippen LogP contribution in [0.15, 0.2) is 42.5 Å². The third kappa shape index (κ3) is 4.20. The van der Waals surface area contributed by atoms with E-state index < -0.39 is 12.0 Å². The molecule has 1 aromatic heterocycles. The first-order valence-corrected chi connectivity index (χ1v) is 8.52. The van der Waals surface area contributed by atoms with E-state index in [0.29, 0.717) is 28.2 Å². The van der Waals surface area contributed by atoms with Crippen LogP contribution in [0.5, 0.6) is 11.5 Å². The quantitative estimate of drug-likeness (QED) is 0.600. The number of carboxylic acid groups (broad SMARTS) is 1. The van der Waals surface area contributed by atoms with Crippen molar-refractivity contribution in [3.63, 3.8) is 0 Å². The molecule has 0 aliphatic carbocycles. The highest BCUT2D eigenvalue weighted by atomic mass is 35.5. The lowest BCUT2D eigenvalue weighted by Crippen LogP contribution is -2.32. The monoisotopic (exact) mass is 387 g/mol. The van der Waals surface area contributed by atoms with Crippen LogP contribution in [0.3, 0.4) is 0 Å². The van der Waals surface area contributed by atoms with Crippen molar-refractivity contribution in [1.29, 1.82) is 0 Å². The van der Waals surface area contributed by atoms with Gasteiger partial charge in [0.25, 0.3) is 0 Å². The number of hydrogen-bond acceptors (Lipinski definition) is 6. The van der Waals surface area contributed by atoms with Gasteiger partial charge in [-0.2, -0.15) is 0 Å². The second-order valence-corrected chi connectivity index (χ2v) is 6.13. The number of rotatable bonds is 7. The summed E-state index contributed by atoms with van der Waals surface area (Å²) in [4.78, 5) is 20.1. The van der Waals surface area contributed by atoms with Crippen molar-refractivity contribution in [2.75, 3.05) is 19.5 Å². The van der Waals surface area contributed by atoms with Crippen LogP contribution in [0.4, 0.5) is 5.82 Å². The molecule has 2 N–H and O–H groups in total. The molecule has 0 saturated heterocycles. The topological polar surface area (TPSA) is 93.6 Å². The van der Waals surface area contributed by atoms with Gasteiger partial charge in [0, 0.05) is 17.9 Å². The highest BCUT2D eigenvalue weighted by molar-refractivity contribution is 6.28. The number of anilines is 1. The van der Waals surface area contributed by atoms with Gasteiger partial charge in [-0.3, -0.25) is 0 Å². The number of fused-ring (bicyclic) bond motifs is 1. The number of aliphatic carboxylic acids is 1. The molecule has 0 saturated carbocycles. The van der Waals surface area contributed by atoms with Gasteiger partial charge in [-0.05, 0) is 23.2 Å². The minimum atomic E-state index is -0.998. The van der Waals surface area contributed by atoms with E-state index in [0.717, 1.165) is 5.56 Å². The van der Waals surface area contributed by atoms with Gasteiger partial charge < -0.3 is 19.9 Å². The second-order valence-electron chi connectivity index (χ2n) is 5.79. The van der Waals surface area contributed by atoms with E-state index in [1.165, 1.54) is 14.2 Å². The Morgan fingerprint density at radius 1 is 1.15 bits per heavy atom. The Kier molecular flexibility index (Phi) is 5.61. The van der Waals surface area contributed by atoms with Gasteiger partial charge in [0.1, 0.15) is 11.9 Å². The Morgan fingerprint density at radius 3 is 2.44 bits per heavy atom. The SMILES string of the molecule is COc1cc2nc(Cl)nc(NC(Cc3ccccc3)C(=O)O)c2cc1OC. The molecule has 1 heterocycles. The van der Waals surface area contributed by atoms with E-state index in [1.807, 2.05) is 30.3 Å². The number of nitrogens with zero attached hydrogens (tertiary/aromatic N) is 2. The molecule has 2 aromatic carbocycles. The summed E-state index contributed by atoms with van der Waals surface area (Å²) in [5.41, 5.74) is 1.40. The summed E-state index contributed by atoms with van der Waals surface area (Å²) in [6.07, 6.45) is 0.284. The Morgan fingerprint density at radius 2 is 1.81 bits per heavy atom. The number of nitrogens with one attached hydrogen (secondary N) is 1. The fourth-order valence-electron chi connectivity index (χ4n) is 2.75. The standard InChI is InChI=1S/C19H18ClN3O4/c1-26-15-9-12-13(10-16(15)27-2)22-19(20)23-17(12)21-14(18(24)25)8-11-6-4-3-5-7-11/h3-7,9-10,14H,8H2,1-2H3,(H,24,25)(H,21,22,23). The molecule has 0 spiro atoms. The number of aromatic nitrogens is 2. The van der Waals surface area contributed by atoms with Gasteiger partial charge in [-0.1, -0.05) is 30.3 Å². The van der Waals surface area contributed by atoms with Crippen molar-refractivity contribution >= 4 is 34.3 Å². The van der Waals surface area contributed by atoms with E-state index in [1.54, 1.807) is 12.1 Å². The van der Waals surface area contributed by atoms with Gasteiger partial charge in [0.2, 0.25) is 5.28 Å². The molecule has 0 fully saturated rings. The molecule has 0 aliphatic rings. The summed E-state index contributed by atoms with van der Waals surface area (Å²) >= 11 is 6.03. The predicted molar refractivity (Wildman–Crippen MR) is 103 cm³/mol. The van der Waals surface area contributed by atoms with E-state index in [4.69, 9.17) is 21.1 Å². The molecule has 3 aromatic rings. The number of methoxy groups -OCH3 is 2. The largest absolute Gasteiger partial charge is 0.493 e. The van der Waals surface area contributed by atoms with Gasteiger partial charge in [-0.25, -0.2) is 14.8 Å². The molecule has 3 rings (SSSR count). The summed E-state index contributed by atoms with van der Waals surface area (Å²) in [6.45, 7) is 0. The molecule has 0 amide bonds. The average molecular weight is 388 g/mol. The van der Waals surface area contributed by atoms with Crippen LogP contribution in [0.25, 0.3) is 10.9 Å². The Bertz CT molecular complexity index is 966. The van der Waals surface area contributed by atoms with E-state index in [9.17, 15) is 9.90 Å². The van der Waals surface area contributed by atoms with Crippen molar-refractivity contribution in [3.8, 4) is 11.5 Å². The van der Waals surface area contributed by atoms with Crippen LogP contribution in [0.2, 0.25) is 5.28 Å². The van der Waals surface area contributed by atoms with Crippen molar-refractivity contribution in [1.82, 2.24) is 9.97 Å². The molecule has 1 unspecified atom stereocenters. The van der Waals surface area contributed by atoms with Crippen molar-refractivity contribution in [2.45, 2.75) is 12.5 Å². The third-order valence-electron chi connectivity index (χ3n) is 4.07. The summed E-state index contributed by atoms with van der Waals surface area (Å²) in [5, 5.41) is 13.2. The fraction of sp³-hybridized carbons (Fsp3) is 0.211. The Balaban J connectivity index is 2.02. The third-order valence-corrected chi connectivity index (χ3v) is 4.23. The maximum atomic E-state index is 11.8. The predicted octanol–water partition coefficient (Wildman–Crippen LogP) is 3.41. The molecular weight excluding hydrogens is 370 g/mol. The molecule has 1 atom stereocenters. The smallest absolute Gasteiger partial charge is 0.326 e. The molecule has 140 valence electrons. The second kappa shape index (κ2) is 8.09. The summed E-state index contributed by atoms with van der Waals surface area (Å²) in [6, 6.07) is 11.8. The molecular formula is C19H18ClN3O4. The van der Waals surface area contributed by atoms with Gasteiger partial charge in [0.05, 0.1) is 19.7 Å². The number of carbonyl (C=O) groups is 1. The van der Waals surface area contributed by atoms with Crippen LogP contribution in [-0.4, -0.2) is 41.3 Å². The normalized spacial score (nSPS) is 11.8. The van der Waals surface area contributed by atoms with Gasteiger partial charge >= 0.3 is 5.97 Å². The van der Waals surface area contributed by atoms with Crippen LogP contribution >= 0.6 is 11.6 Å². The molecule has 27 heavy (non-hydrogen) atoms. The summed E-state index contributed by atoms with van der Waals surface area (Å²) in [5.74, 6) is 0.287. The van der Waals surface area contributed by atoms with Gasteiger partial charge in [0.15, 0.2) is 11.5 Å². The number of ether oxygens (including phenoxy) is 2. The Labute approximate surface area is 160 Å². The van der Waals surface area contributed by atoms with E-state index >= 15 is 0 Å². The summed E-state index contributed by atoms with van der Waals surface area (Å²) < 4.78 is 10.6. The van der Waals surface area contributed by atoms with E-state index in [2.05, 4.69) is 15.3 Å². The number of carboxylic acids is 1. The first-order valence-electron chi connectivity index (χ1n) is 8.14. The summed E-state index contributed by atoms with van der Waals surface area (Å²) in [7, 11) is 3.04. The first kappa shape index (κ1) is 18.7. The highest BCUT2D eigenvalue weighted by Crippen LogP contribution is 2.34. The molecule has 8 heteroatoms. The minimum absolute atomic E-state index is 0.000991. The van der Waals surface area contributed by atoms with Crippen LogP contribution in [0.1, 0.15) is 5.56 Å². The van der Waals surface area contributed by atoms with Crippen LogP contribution in [-0.2, 0) is 11.2 Å². The zero-order chi connectivity index (χ0) is 19.4. The maximum absolute atomic E-state index is 11.8. The van der Waals surface area contributed by atoms with Crippen molar-refractivity contribution < 1.29 is 19.4 Å². The lowest BCUT2D eigenvalue weighted by Gasteiger charge is -2.17. The number of benzene rings is 2. The maximum Gasteiger partial charge on any atom is 0.326 e. The zero-order valence-corrected chi connectivity index (χ0v) is 15.5. The van der Waals surface area contributed by atoms with Crippen LogP contribution in [0, 0.1) is 0 Å². The number of hydrogen-bond donors (Lipinski definition) is 2. The molecule has 0 radical (unpaired) electrons. The lowest BCUT2D eigenvalue weighted by molar-refractivity contribution is -0.137.